The smallest absolute Gasteiger partial charge is 0.270 e. The van der Waals surface area contributed by atoms with Crippen LogP contribution in [0.15, 0.2) is 78.4 Å². The molecule has 0 bridgehead atoms. The number of benzene rings is 3. The SMILES string of the molecule is CCOc1ccc(C=C2C(=O)N(c3ccc(C)cc3)C(=S)N(c3ccc(C)cc3)C2=O)cc1. The maximum atomic E-state index is 13.5. The van der Waals surface area contributed by atoms with Gasteiger partial charge in [-0.25, -0.2) is 0 Å². The Balaban J connectivity index is 1.81. The minimum Gasteiger partial charge on any atom is -0.494 e. The zero-order chi connectivity index (χ0) is 23.5. The summed E-state index contributed by atoms with van der Waals surface area (Å²) in [5.41, 5.74) is 4.09. The van der Waals surface area contributed by atoms with Crippen LogP contribution in [0.3, 0.4) is 0 Å². The number of aryl methyl sites for hydroxylation is 2. The van der Waals surface area contributed by atoms with Crippen LogP contribution in [0.4, 0.5) is 11.4 Å². The minimum absolute atomic E-state index is 0.0360. The van der Waals surface area contributed by atoms with Crippen LogP contribution in [0.5, 0.6) is 5.75 Å². The monoisotopic (exact) mass is 456 g/mol. The summed E-state index contributed by atoms with van der Waals surface area (Å²) in [6.07, 6.45) is 1.60. The van der Waals surface area contributed by atoms with Gasteiger partial charge in [0.05, 0.1) is 18.0 Å². The van der Waals surface area contributed by atoms with Gasteiger partial charge in [0, 0.05) is 0 Å². The Kier molecular flexibility index (Phi) is 6.38. The van der Waals surface area contributed by atoms with E-state index >= 15 is 0 Å². The fourth-order valence-electron chi connectivity index (χ4n) is 3.57. The van der Waals surface area contributed by atoms with Crippen molar-refractivity contribution >= 4 is 46.6 Å². The molecule has 6 heteroatoms. The Bertz CT molecular complexity index is 1160. The van der Waals surface area contributed by atoms with E-state index in [1.165, 1.54) is 9.80 Å². The van der Waals surface area contributed by atoms with Crippen molar-refractivity contribution in [3.05, 3.63) is 95.1 Å². The second kappa shape index (κ2) is 9.38. The highest BCUT2D eigenvalue weighted by atomic mass is 32.1. The third kappa shape index (κ3) is 4.56. The molecule has 1 aliphatic heterocycles. The van der Waals surface area contributed by atoms with Gasteiger partial charge in [0.1, 0.15) is 11.3 Å². The standard InChI is InChI=1S/C27H24N2O3S/c1-4-32-23-15-9-20(10-16-23)17-24-25(30)28(21-11-5-18(2)6-12-21)27(33)29(26(24)31)22-13-7-19(3)8-14-22/h5-17H,4H2,1-3H3. The minimum atomic E-state index is -0.453. The number of anilines is 2. The molecule has 0 N–H and O–H groups in total. The predicted octanol–water partition coefficient (Wildman–Crippen LogP) is 5.45. The molecule has 166 valence electrons. The van der Waals surface area contributed by atoms with Gasteiger partial charge in [-0.2, -0.15) is 0 Å². The summed E-state index contributed by atoms with van der Waals surface area (Å²) in [5, 5.41) is 0.126. The first-order valence-electron chi connectivity index (χ1n) is 10.7. The van der Waals surface area contributed by atoms with E-state index in [2.05, 4.69) is 0 Å². The number of carbonyl (C=O) groups excluding carboxylic acids is 2. The maximum absolute atomic E-state index is 13.5. The summed E-state index contributed by atoms with van der Waals surface area (Å²) in [6, 6.07) is 22.2. The number of amides is 2. The predicted molar refractivity (Wildman–Crippen MR) is 136 cm³/mol. The molecule has 3 aromatic carbocycles. The Morgan fingerprint density at radius 3 is 1.64 bits per heavy atom. The van der Waals surface area contributed by atoms with Gasteiger partial charge in [-0.3, -0.25) is 19.4 Å². The zero-order valence-corrected chi connectivity index (χ0v) is 19.6. The first-order chi connectivity index (χ1) is 15.9. The number of rotatable bonds is 5. The highest BCUT2D eigenvalue weighted by molar-refractivity contribution is 7.81. The van der Waals surface area contributed by atoms with E-state index in [0.717, 1.165) is 22.4 Å². The summed E-state index contributed by atoms with van der Waals surface area (Å²) in [7, 11) is 0. The number of ether oxygens (including phenoxy) is 1. The molecule has 0 unspecified atom stereocenters. The van der Waals surface area contributed by atoms with E-state index < -0.39 is 11.8 Å². The number of hydrogen-bond acceptors (Lipinski definition) is 4. The summed E-state index contributed by atoms with van der Waals surface area (Å²) in [4.78, 5) is 29.9. The lowest BCUT2D eigenvalue weighted by Gasteiger charge is -2.36. The van der Waals surface area contributed by atoms with Crippen molar-refractivity contribution < 1.29 is 14.3 Å². The van der Waals surface area contributed by atoms with Gasteiger partial charge in [0.15, 0.2) is 5.11 Å². The highest BCUT2D eigenvalue weighted by Crippen LogP contribution is 2.30. The van der Waals surface area contributed by atoms with Crippen LogP contribution in [0.25, 0.3) is 6.08 Å². The molecule has 1 fully saturated rings. The molecule has 0 aliphatic carbocycles. The molecule has 0 radical (unpaired) electrons. The summed E-state index contributed by atoms with van der Waals surface area (Å²) >= 11 is 5.66. The van der Waals surface area contributed by atoms with Crippen molar-refractivity contribution in [2.75, 3.05) is 16.4 Å². The molecule has 1 saturated heterocycles. The van der Waals surface area contributed by atoms with Crippen LogP contribution >= 0.6 is 12.2 Å². The third-order valence-corrected chi connectivity index (χ3v) is 5.70. The lowest BCUT2D eigenvalue weighted by molar-refractivity contribution is -0.120. The van der Waals surface area contributed by atoms with Gasteiger partial charge in [-0.05, 0) is 81.0 Å². The number of carbonyl (C=O) groups is 2. The first-order valence-corrected chi connectivity index (χ1v) is 11.1. The van der Waals surface area contributed by atoms with Gasteiger partial charge < -0.3 is 4.74 Å². The second-order valence-electron chi connectivity index (χ2n) is 7.79. The lowest BCUT2D eigenvalue weighted by Crippen LogP contribution is -2.56. The molecule has 0 atom stereocenters. The molecule has 5 nitrogen and oxygen atoms in total. The molecule has 4 rings (SSSR count). The van der Waals surface area contributed by atoms with E-state index in [9.17, 15) is 9.59 Å². The fraction of sp³-hybridized carbons (Fsp3) is 0.148. The Morgan fingerprint density at radius 1 is 0.758 bits per heavy atom. The first kappa shape index (κ1) is 22.4. The van der Waals surface area contributed by atoms with E-state index in [0.29, 0.717) is 18.0 Å². The fourth-order valence-corrected chi connectivity index (χ4v) is 3.94. The Morgan fingerprint density at radius 2 is 1.21 bits per heavy atom. The quantitative estimate of drug-likeness (QED) is 0.291. The third-order valence-electron chi connectivity index (χ3n) is 5.34. The van der Waals surface area contributed by atoms with Crippen LogP contribution in [-0.4, -0.2) is 23.5 Å². The average molecular weight is 457 g/mol. The molecule has 33 heavy (non-hydrogen) atoms. The van der Waals surface area contributed by atoms with Crippen LogP contribution in [0.1, 0.15) is 23.6 Å². The van der Waals surface area contributed by atoms with Gasteiger partial charge in [-0.15, -0.1) is 0 Å². The molecular formula is C27H24N2O3S. The Hall–Kier alpha value is -3.77. The van der Waals surface area contributed by atoms with Crippen molar-refractivity contribution in [3.63, 3.8) is 0 Å². The molecule has 0 spiro atoms. The molecule has 0 aromatic heterocycles. The topological polar surface area (TPSA) is 49.9 Å². The van der Waals surface area contributed by atoms with Crippen molar-refractivity contribution in [1.82, 2.24) is 0 Å². The van der Waals surface area contributed by atoms with Crippen LogP contribution < -0.4 is 14.5 Å². The molecule has 3 aromatic rings. The zero-order valence-electron chi connectivity index (χ0n) is 18.7. The largest absolute Gasteiger partial charge is 0.494 e. The van der Waals surface area contributed by atoms with Crippen molar-refractivity contribution in [2.24, 2.45) is 0 Å². The van der Waals surface area contributed by atoms with Gasteiger partial charge in [-0.1, -0.05) is 47.5 Å². The molecule has 2 amide bonds. The number of hydrogen-bond donors (Lipinski definition) is 0. The van der Waals surface area contributed by atoms with E-state index in [1.54, 1.807) is 6.08 Å². The summed E-state index contributed by atoms with van der Waals surface area (Å²) in [6.45, 7) is 6.42. The van der Waals surface area contributed by atoms with Crippen LogP contribution in [-0.2, 0) is 9.59 Å². The van der Waals surface area contributed by atoms with Crippen LogP contribution in [0.2, 0.25) is 0 Å². The molecular weight excluding hydrogens is 432 g/mol. The molecule has 1 aliphatic rings. The number of thiocarbonyl (C=S) groups is 1. The maximum Gasteiger partial charge on any atom is 0.270 e. The van der Waals surface area contributed by atoms with Gasteiger partial charge >= 0.3 is 0 Å². The normalized spacial score (nSPS) is 14.0. The Labute approximate surface area is 198 Å². The van der Waals surface area contributed by atoms with E-state index in [4.69, 9.17) is 17.0 Å². The van der Waals surface area contributed by atoms with Gasteiger partial charge in [0.2, 0.25) is 0 Å². The van der Waals surface area contributed by atoms with Crippen LogP contribution in [0, 0.1) is 13.8 Å². The summed E-state index contributed by atoms with van der Waals surface area (Å²) < 4.78 is 5.49. The summed E-state index contributed by atoms with van der Waals surface area (Å²) in [5.74, 6) is -0.179. The van der Waals surface area contributed by atoms with Gasteiger partial charge in [0.25, 0.3) is 11.8 Å². The second-order valence-corrected chi connectivity index (χ2v) is 8.16. The molecule has 1 heterocycles. The average Bonchev–Trinajstić information content (AvgIpc) is 2.80. The number of nitrogens with zero attached hydrogens (tertiary/aromatic N) is 2. The highest BCUT2D eigenvalue weighted by Gasteiger charge is 2.41. The van der Waals surface area contributed by atoms with Crippen molar-refractivity contribution in [3.8, 4) is 5.75 Å². The molecule has 0 saturated carbocycles. The van der Waals surface area contributed by atoms with E-state index in [1.807, 2.05) is 93.6 Å². The van der Waals surface area contributed by atoms with Crippen molar-refractivity contribution in [2.45, 2.75) is 20.8 Å². The van der Waals surface area contributed by atoms with E-state index in [-0.39, 0.29) is 10.7 Å². The lowest BCUT2D eigenvalue weighted by atomic mass is 10.0. The van der Waals surface area contributed by atoms with Crippen molar-refractivity contribution in [1.29, 1.82) is 0 Å².